The third-order valence-corrected chi connectivity index (χ3v) is 6.86. The van der Waals surface area contributed by atoms with E-state index in [4.69, 9.17) is 0 Å². The van der Waals surface area contributed by atoms with Gasteiger partial charge in [0.1, 0.15) is 10.7 Å². The first-order valence-electron chi connectivity index (χ1n) is 10.5. The van der Waals surface area contributed by atoms with E-state index in [0.29, 0.717) is 6.54 Å². The van der Waals surface area contributed by atoms with Crippen molar-refractivity contribution in [1.29, 1.82) is 0 Å². The molecule has 154 valence electrons. The molecule has 1 aliphatic heterocycles. The highest BCUT2D eigenvalue weighted by Gasteiger charge is 2.26. The molecule has 0 radical (unpaired) electrons. The lowest BCUT2D eigenvalue weighted by Crippen LogP contribution is -2.40. The van der Waals surface area contributed by atoms with Crippen molar-refractivity contribution < 1.29 is 4.79 Å². The van der Waals surface area contributed by atoms with Gasteiger partial charge in [-0.15, -0.1) is 10.2 Å². The Morgan fingerprint density at radius 3 is 2.35 bits per heavy atom. The van der Waals surface area contributed by atoms with Crippen LogP contribution in [-0.4, -0.2) is 32.8 Å². The number of amides is 1. The van der Waals surface area contributed by atoms with Crippen LogP contribution in [0.1, 0.15) is 18.1 Å². The van der Waals surface area contributed by atoms with Gasteiger partial charge >= 0.3 is 0 Å². The fraction of sp³-hybridized carbons (Fsp3) is 0.192. The highest BCUT2D eigenvalue weighted by molar-refractivity contribution is 8.00. The van der Waals surface area contributed by atoms with Gasteiger partial charge in [-0.05, 0) is 24.5 Å². The quantitative estimate of drug-likeness (QED) is 0.413. The van der Waals surface area contributed by atoms with Crippen LogP contribution in [0, 0.1) is 0 Å². The molecular formula is C26H23N3OS. The molecule has 1 aliphatic rings. The molecule has 5 rings (SSSR count). The minimum absolute atomic E-state index is 0.150. The van der Waals surface area contributed by atoms with Crippen LogP contribution < -0.4 is 0 Å². The van der Waals surface area contributed by atoms with Gasteiger partial charge < -0.3 is 4.90 Å². The fourth-order valence-electron chi connectivity index (χ4n) is 4.13. The third-order valence-electron chi connectivity index (χ3n) is 5.78. The van der Waals surface area contributed by atoms with Crippen LogP contribution in [0.15, 0.2) is 83.9 Å². The lowest BCUT2D eigenvalue weighted by atomic mass is 10.00. The van der Waals surface area contributed by atoms with E-state index in [-0.39, 0.29) is 11.2 Å². The number of hydrogen-bond donors (Lipinski definition) is 0. The molecule has 1 atom stereocenters. The Balaban J connectivity index is 1.40. The van der Waals surface area contributed by atoms with Crippen molar-refractivity contribution >= 4 is 28.4 Å². The normalized spacial score (nSPS) is 14.3. The summed E-state index contributed by atoms with van der Waals surface area (Å²) in [6, 6.07) is 26.7. The zero-order chi connectivity index (χ0) is 21.2. The van der Waals surface area contributed by atoms with E-state index in [0.717, 1.165) is 40.0 Å². The first-order chi connectivity index (χ1) is 15.2. The van der Waals surface area contributed by atoms with Crippen molar-refractivity contribution in [2.75, 3.05) is 6.54 Å². The van der Waals surface area contributed by atoms with Crippen molar-refractivity contribution in [3.63, 3.8) is 0 Å². The number of hydrogen-bond acceptors (Lipinski definition) is 4. The van der Waals surface area contributed by atoms with Crippen LogP contribution in [0.25, 0.3) is 22.0 Å². The molecule has 1 amide bonds. The van der Waals surface area contributed by atoms with Gasteiger partial charge in [0.2, 0.25) is 5.91 Å². The Bertz CT molecular complexity index is 1240. The molecule has 0 N–H and O–H groups in total. The molecule has 1 aromatic heterocycles. The molecule has 0 bridgehead atoms. The van der Waals surface area contributed by atoms with Crippen molar-refractivity contribution in [1.82, 2.24) is 15.1 Å². The zero-order valence-electron chi connectivity index (χ0n) is 17.4. The standard InChI is InChI=1S/C26H23N3OS/c1-18(26(30)29-16-15-19-9-5-6-12-21(19)17-29)31-25-23-14-8-7-13-22(23)24(27-28-25)20-10-3-2-4-11-20/h2-14,18H,15-17H2,1H3/t18-/m0/s1. The Morgan fingerprint density at radius 2 is 1.55 bits per heavy atom. The second kappa shape index (κ2) is 8.52. The molecule has 4 aromatic rings. The molecule has 0 saturated heterocycles. The molecule has 0 saturated carbocycles. The largest absolute Gasteiger partial charge is 0.337 e. The number of aromatic nitrogens is 2. The Labute approximate surface area is 186 Å². The lowest BCUT2D eigenvalue weighted by Gasteiger charge is -2.30. The van der Waals surface area contributed by atoms with Gasteiger partial charge in [-0.3, -0.25) is 4.79 Å². The molecule has 5 heteroatoms. The average molecular weight is 426 g/mol. The van der Waals surface area contributed by atoms with Crippen molar-refractivity contribution in [3.8, 4) is 11.3 Å². The zero-order valence-corrected chi connectivity index (χ0v) is 18.2. The number of rotatable bonds is 4. The molecule has 2 heterocycles. The Kier molecular flexibility index (Phi) is 5.43. The summed E-state index contributed by atoms with van der Waals surface area (Å²) in [5.74, 6) is 0.150. The summed E-state index contributed by atoms with van der Waals surface area (Å²) in [6.07, 6.45) is 0.911. The number of nitrogens with zero attached hydrogens (tertiary/aromatic N) is 3. The molecule has 0 fully saturated rings. The van der Waals surface area contributed by atoms with Crippen molar-refractivity contribution in [2.45, 2.75) is 30.2 Å². The molecule has 31 heavy (non-hydrogen) atoms. The van der Waals surface area contributed by atoms with Crippen molar-refractivity contribution in [2.24, 2.45) is 0 Å². The fourth-order valence-corrected chi connectivity index (χ4v) is 5.11. The number of thioether (sulfide) groups is 1. The highest BCUT2D eigenvalue weighted by Crippen LogP contribution is 2.34. The van der Waals surface area contributed by atoms with Gasteiger partial charge in [0.15, 0.2) is 0 Å². The van der Waals surface area contributed by atoms with Gasteiger partial charge in [-0.2, -0.15) is 0 Å². The predicted molar refractivity (Wildman–Crippen MR) is 126 cm³/mol. The van der Waals surface area contributed by atoms with Gasteiger partial charge in [-0.25, -0.2) is 0 Å². The monoisotopic (exact) mass is 425 g/mol. The van der Waals surface area contributed by atoms with Crippen molar-refractivity contribution in [3.05, 3.63) is 90.0 Å². The number of carbonyl (C=O) groups excluding carboxylic acids is 1. The summed E-state index contributed by atoms with van der Waals surface area (Å²) in [5, 5.41) is 11.7. The van der Waals surface area contributed by atoms with Crippen LogP contribution in [0.5, 0.6) is 0 Å². The molecule has 0 spiro atoms. The van der Waals surface area contributed by atoms with E-state index in [9.17, 15) is 4.79 Å². The maximum absolute atomic E-state index is 13.2. The third kappa shape index (κ3) is 3.93. The lowest BCUT2D eigenvalue weighted by molar-refractivity contribution is -0.131. The summed E-state index contributed by atoms with van der Waals surface area (Å²) in [5.41, 5.74) is 4.50. The summed E-state index contributed by atoms with van der Waals surface area (Å²) in [6.45, 7) is 3.41. The Hall–Kier alpha value is -3.18. The van der Waals surface area contributed by atoms with E-state index in [1.165, 1.54) is 22.9 Å². The predicted octanol–water partition coefficient (Wildman–Crippen LogP) is 5.36. The maximum atomic E-state index is 13.2. The first-order valence-corrected chi connectivity index (χ1v) is 11.4. The minimum Gasteiger partial charge on any atom is -0.337 e. The summed E-state index contributed by atoms with van der Waals surface area (Å²) < 4.78 is 0. The topological polar surface area (TPSA) is 46.1 Å². The second-order valence-corrected chi connectivity index (χ2v) is 9.13. The van der Waals surface area contributed by atoms with E-state index >= 15 is 0 Å². The summed E-state index contributed by atoms with van der Waals surface area (Å²) in [4.78, 5) is 15.2. The molecule has 0 unspecified atom stereocenters. The second-order valence-electron chi connectivity index (χ2n) is 7.80. The Morgan fingerprint density at radius 1 is 0.871 bits per heavy atom. The summed E-state index contributed by atoms with van der Waals surface area (Å²) >= 11 is 1.50. The van der Waals surface area contributed by atoms with E-state index in [2.05, 4.69) is 40.5 Å². The van der Waals surface area contributed by atoms with Crippen LogP contribution in [0.4, 0.5) is 0 Å². The number of fused-ring (bicyclic) bond motifs is 2. The van der Waals surface area contributed by atoms with Crippen LogP contribution in [0.2, 0.25) is 0 Å². The van der Waals surface area contributed by atoms with Gasteiger partial charge in [0.05, 0.1) is 5.25 Å². The van der Waals surface area contributed by atoms with Crippen LogP contribution in [0.3, 0.4) is 0 Å². The van der Waals surface area contributed by atoms with Gasteiger partial charge in [0.25, 0.3) is 0 Å². The van der Waals surface area contributed by atoms with E-state index in [1.54, 1.807) is 0 Å². The SMILES string of the molecule is C[C@H](Sc1nnc(-c2ccccc2)c2ccccc12)C(=O)N1CCc2ccccc2C1. The molecule has 4 nitrogen and oxygen atoms in total. The van der Waals surface area contributed by atoms with Crippen LogP contribution >= 0.6 is 11.8 Å². The van der Waals surface area contributed by atoms with Gasteiger partial charge in [0, 0.05) is 29.4 Å². The van der Waals surface area contributed by atoms with Gasteiger partial charge in [-0.1, -0.05) is 90.6 Å². The minimum atomic E-state index is -0.231. The molecular weight excluding hydrogens is 402 g/mol. The van der Waals surface area contributed by atoms with E-state index in [1.807, 2.05) is 60.4 Å². The maximum Gasteiger partial charge on any atom is 0.236 e. The highest BCUT2D eigenvalue weighted by atomic mass is 32.2. The average Bonchev–Trinajstić information content (AvgIpc) is 2.84. The number of benzene rings is 3. The van der Waals surface area contributed by atoms with E-state index < -0.39 is 0 Å². The first kappa shape index (κ1) is 19.8. The molecule has 0 aliphatic carbocycles. The number of carbonyl (C=O) groups is 1. The summed E-state index contributed by atoms with van der Waals surface area (Å²) in [7, 11) is 0. The smallest absolute Gasteiger partial charge is 0.236 e. The molecule has 3 aromatic carbocycles. The van der Waals surface area contributed by atoms with Crippen LogP contribution in [-0.2, 0) is 17.8 Å².